The van der Waals surface area contributed by atoms with Gasteiger partial charge in [-0.15, -0.1) is 0 Å². The van der Waals surface area contributed by atoms with Gasteiger partial charge in [-0.2, -0.15) is 5.26 Å². The molecule has 2 atom stereocenters. The summed E-state index contributed by atoms with van der Waals surface area (Å²) in [6.07, 6.45) is 0.544. The monoisotopic (exact) mass is 333 g/mol. The second-order valence-electron chi connectivity index (χ2n) is 6.01. The predicted octanol–water partition coefficient (Wildman–Crippen LogP) is 3.19. The molecule has 0 saturated heterocycles. The first kappa shape index (κ1) is 16.7. The molecule has 2 unspecified atom stereocenters. The number of hydrogen-bond donors (Lipinski definition) is 1. The number of carbonyl (C=O) groups excluding carboxylic acids is 2. The van der Waals surface area contributed by atoms with Crippen molar-refractivity contribution >= 4 is 23.2 Å². The van der Waals surface area contributed by atoms with Gasteiger partial charge in [0.15, 0.2) is 0 Å². The van der Waals surface area contributed by atoms with E-state index in [1.807, 2.05) is 37.3 Å². The van der Waals surface area contributed by atoms with Crippen molar-refractivity contribution in [3.8, 4) is 6.07 Å². The van der Waals surface area contributed by atoms with Crippen LogP contribution in [-0.4, -0.2) is 18.4 Å². The van der Waals surface area contributed by atoms with Gasteiger partial charge in [0.1, 0.15) is 6.07 Å². The molecule has 25 heavy (non-hydrogen) atoms. The zero-order chi connectivity index (χ0) is 17.8. The van der Waals surface area contributed by atoms with E-state index in [1.54, 1.807) is 29.2 Å². The number of para-hydroxylation sites is 2. The number of amides is 2. The van der Waals surface area contributed by atoms with Crippen molar-refractivity contribution in [3.05, 3.63) is 60.2 Å². The normalized spacial score (nSPS) is 18.1. The van der Waals surface area contributed by atoms with E-state index < -0.39 is 0 Å². The van der Waals surface area contributed by atoms with Crippen molar-refractivity contribution < 1.29 is 9.59 Å². The van der Waals surface area contributed by atoms with Crippen LogP contribution in [0.5, 0.6) is 0 Å². The number of carbonyl (C=O) groups is 2. The number of nitrogens with zero attached hydrogens (tertiary/aromatic N) is 2. The molecule has 5 nitrogen and oxygen atoms in total. The largest absolute Gasteiger partial charge is 0.325 e. The van der Waals surface area contributed by atoms with Crippen molar-refractivity contribution in [3.63, 3.8) is 0 Å². The number of rotatable bonds is 5. The summed E-state index contributed by atoms with van der Waals surface area (Å²) in [6.45, 7) is 2.48. The Morgan fingerprint density at radius 1 is 1.12 bits per heavy atom. The molecule has 3 rings (SSSR count). The smallest absolute Gasteiger partial charge is 0.230 e. The number of nitrogens with one attached hydrogen (secondary N) is 1. The van der Waals surface area contributed by atoms with Crippen LogP contribution >= 0.6 is 0 Å². The Hall–Kier alpha value is -3.13. The molecule has 0 aliphatic heterocycles. The molecule has 0 spiro atoms. The second kappa shape index (κ2) is 7.18. The van der Waals surface area contributed by atoms with Gasteiger partial charge in [-0.1, -0.05) is 30.3 Å². The Morgan fingerprint density at radius 2 is 1.80 bits per heavy atom. The van der Waals surface area contributed by atoms with E-state index in [1.165, 1.54) is 0 Å². The zero-order valence-corrected chi connectivity index (χ0v) is 14.0. The third-order valence-electron chi connectivity index (χ3n) is 4.40. The molecule has 126 valence electrons. The van der Waals surface area contributed by atoms with E-state index in [9.17, 15) is 9.59 Å². The van der Waals surface area contributed by atoms with E-state index >= 15 is 0 Å². The van der Waals surface area contributed by atoms with E-state index in [-0.39, 0.29) is 23.7 Å². The molecular formula is C20H19N3O2. The van der Waals surface area contributed by atoms with Gasteiger partial charge < -0.3 is 10.2 Å². The highest BCUT2D eigenvalue weighted by Crippen LogP contribution is 2.41. The molecular weight excluding hydrogens is 314 g/mol. The van der Waals surface area contributed by atoms with Crippen molar-refractivity contribution in [2.75, 3.05) is 16.8 Å². The Morgan fingerprint density at radius 3 is 2.48 bits per heavy atom. The van der Waals surface area contributed by atoms with Gasteiger partial charge in [-0.3, -0.25) is 9.59 Å². The predicted molar refractivity (Wildman–Crippen MR) is 95.9 cm³/mol. The molecule has 2 aromatic rings. The Balaban J connectivity index is 1.66. The molecule has 1 saturated carbocycles. The first-order valence-corrected chi connectivity index (χ1v) is 8.32. The maximum Gasteiger partial charge on any atom is 0.230 e. The van der Waals surface area contributed by atoms with Gasteiger partial charge >= 0.3 is 0 Å². The minimum absolute atomic E-state index is 0.0255. The van der Waals surface area contributed by atoms with Crippen molar-refractivity contribution in [2.24, 2.45) is 11.8 Å². The molecule has 1 fully saturated rings. The minimum atomic E-state index is -0.336. The van der Waals surface area contributed by atoms with E-state index in [0.29, 0.717) is 24.2 Å². The molecule has 0 radical (unpaired) electrons. The molecule has 2 amide bonds. The molecule has 1 aliphatic carbocycles. The third-order valence-corrected chi connectivity index (χ3v) is 4.40. The molecule has 0 bridgehead atoms. The number of benzene rings is 2. The lowest BCUT2D eigenvalue weighted by Gasteiger charge is -2.21. The summed E-state index contributed by atoms with van der Waals surface area (Å²) in [6, 6.07) is 18.4. The van der Waals surface area contributed by atoms with Gasteiger partial charge in [0, 0.05) is 12.2 Å². The fourth-order valence-corrected chi connectivity index (χ4v) is 2.95. The van der Waals surface area contributed by atoms with Gasteiger partial charge in [0.2, 0.25) is 11.8 Å². The maximum atomic E-state index is 12.7. The third kappa shape index (κ3) is 3.53. The molecule has 0 aromatic heterocycles. The molecule has 0 heterocycles. The van der Waals surface area contributed by atoms with Gasteiger partial charge in [0.05, 0.1) is 23.1 Å². The van der Waals surface area contributed by atoms with Crippen LogP contribution in [0.2, 0.25) is 0 Å². The molecule has 1 aliphatic rings. The van der Waals surface area contributed by atoms with Crippen LogP contribution in [0.3, 0.4) is 0 Å². The first-order valence-electron chi connectivity index (χ1n) is 8.32. The fourth-order valence-electron chi connectivity index (χ4n) is 2.95. The zero-order valence-electron chi connectivity index (χ0n) is 14.0. The average Bonchev–Trinajstić information content (AvgIpc) is 3.44. The van der Waals surface area contributed by atoms with Crippen LogP contribution < -0.4 is 10.2 Å². The van der Waals surface area contributed by atoms with E-state index in [2.05, 4.69) is 11.4 Å². The molecule has 5 heteroatoms. The number of nitriles is 1. The summed E-state index contributed by atoms with van der Waals surface area (Å²) in [5.74, 6) is -0.862. The lowest BCUT2D eigenvalue weighted by molar-refractivity contribution is -0.123. The quantitative estimate of drug-likeness (QED) is 0.913. The highest BCUT2D eigenvalue weighted by molar-refractivity contribution is 6.04. The number of hydrogen-bond acceptors (Lipinski definition) is 3. The van der Waals surface area contributed by atoms with E-state index in [4.69, 9.17) is 5.26 Å². The SMILES string of the molecule is CCN(C(=O)C1CC1C(=O)Nc1ccccc1C#N)c1ccccc1. The minimum Gasteiger partial charge on any atom is -0.325 e. The lowest BCUT2D eigenvalue weighted by Crippen LogP contribution is -2.33. The van der Waals surface area contributed by atoms with Crippen LogP contribution in [0.1, 0.15) is 18.9 Å². The van der Waals surface area contributed by atoms with Crippen LogP contribution in [0.15, 0.2) is 54.6 Å². The lowest BCUT2D eigenvalue weighted by atomic mass is 10.2. The van der Waals surface area contributed by atoms with Crippen molar-refractivity contribution in [1.29, 1.82) is 5.26 Å². The molecule has 1 N–H and O–H groups in total. The summed E-state index contributed by atoms with van der Waals surface area (Å²) in [4.78, 5) is 26.8. The van der Waals surface area contributed by atoms with Crippen LogP contribution in [-0.2, 0) is 9.59 Å². The second-order valence-corrected chi connectivity index (χ2v) is 6.01. The van der Waals surface area contributed by atoms with Gasteiger partial charge in [-0.05, 0) is 37.6 Å². The summed E-state index contributed by atoms with van der Waals surface area (Å²) in [5, 5.41) is 11.9. The topological polar surface area (TPSA) is 73.2 Å². The van der Waals surface area contributed by atoms with Crippen molar-refractivity contribution in [1.82, 2.24) is 0 Å². The van der Waals surface area contributed by atoms with E-state index in [0.717, 1.165) is 5.69 Å². The Bertz CT molecular complexity index is 826. The van der Waals surface area contributed by atoms with Crippen LogP contribution in [0.4, 0.5) is 11.4 Å². The Labute approximate surface area is 146 Å². The average molecular weight is 333 g/mol. The van der Waals surface area contributed by atoms with Gasteiger partial charge in [0.25, 0.3) is 0 Å². The summed E-state index contributed by atoms with van der Waals surface area (Å²) < 4.78 is 0. The Kier molecular flexibility index (Phi) is 4.80. The first-order chi connectivity index (χ1) is 12.2. The van der Waals surface area contributed by atoms with Gasteiger partial charge in [-0.25, -0.2) is 0 Å². The van der Waals surface area contributed by atoms with Crippen molar-refractivity contribution in [2.45, 2.75) is 13.3 Å². The highest BCUT2D eigenvalue weighted by Gasteiger charge is 2.49. The summed E-state index contributed by atoms with van der Waals surface area (Å²) in [5.41, 5.74) is 1.75. The standard InChI is InChI=1S/C20H19N3O2/c1-2-23(15-9-4-3-5-10-15)20(25)17-12-16(17)19(24)22-18-11-7-6-8-14(18)13-21/h3-11,16-17H,2,12H2,1H3,(H,22,24). The maximum absolute atomic E-state index is 12.7. The summed E-state index contributed by atoms with van der Waals surface area (Å²) >= 11 is 0. The fraction of sp³-hybridized carbons (Fsp3) is 0.250. The number of anilines is 2. The highest BCUT2D eigenvalue weighted by atomic mass is 16.2. The van der Waals surface area contributed by atoms with Crippen LogP contribution in [0.25, 0.3) is 0 Å². The summed E-state index contributed by atoms with van der Waals surface area (Å²) in [7, 11) is 0. The molecule has 2 aromatic carbocycles. The van der Waals surface area contributed by atoms with Crippen LogP contribution in [0, 0.1) is 23.2 Å².